The molecule has 0 amide bonds. The number of carbonyl (C=O) groups is 1. The van der Waals surface area contributed by atoms with E-state index in [1.807, 2.05) is 0 Å². The Bertz CT molecular complexity index is 798. The molecule has 138 valence electrons. The summed E-state index contributed by atoms with van der Waals surface area (Å²) >= 11 is 5.67. The van der Waals surface area contributed by atoms with Gasteiger partial charge in [-0.1, -0.05) is 41.9 Å². The number of rotatable bonds is 7. The van der Waals surface area contributed by atoms with Crippen molar-refractivity contribution < 1.29 is 32.4 Å². The first kappa shape index (κ1) is 19.7. The normalized spacial score (nSPS) is 12.5. The number of hydrogen-bond donors (Lipinski definition) is 0. The minimum atomic E-state index is -4.62. The molecule has 2 rings (SSSR count). The number of Topliss-reactive ketones (excluding diaryl/α,β-unsaturated/α-hetero) is 1. The molecular weight excluding hydrogens is 379 g/mol. The molecule has 2 aromatic carbocycles. The van der Waals surface area contributed by atoms with Crippen LogP contribution in [-0.4, -0.2) is 23.7 Å². The number of nitrogens with zero attached hydrogens (tertiary/aromatic N) is 1. The summed E-state index contributed by atoms with van der Waals surface area (Å²) in [5.41, 5.74) is -0.755. The summed E-state index contributed by atoms with van der Waals surface area (Å²) in [6.07, 6.45) is -6.74. The van der Waals surface area contributed by atoms with Crippen LogP contribution < -0.4 is 4.74 Å². The van der Waals surface area contributed by atoms with Gasteiger partial charge in [-0.2, -0.15) is 13.2 Å². The molecule has 0 fully saturated rings. The van der Waals surface area contributed by atoms with Gasteiger partial charge in [-0.3, -0.25) is 19.6 Å². The van der Waals surface area contributed by atoms with Crippen molar-refractivity contribution in [2.75, 3.05) is 6.61 Å². The smallest absolute Gasteiger partial charge is 0.406 e. The Morgan fingerprint density at radius 3 is 2.38 bits per heavy atom. The summed E-state index contributed by atoms with van der Waals surface area (Å²) in [6.45, 7) is -0.659. The summed E-state index contributed by atoms with van der Waals surface area (Å²) in [6, 6.07) is 9.97. The fourth-order valence-electron chi connectivity index (χ4n) is 1.87. The molecular formula is C16H11ClF3NO5. The lowest BCUT2D eigenvalue weighted by Crippen LogP contribution is -2.32. The van der Waals surface area contributed by atoms with Crippen LogP contribution in [0.25, 0.3) is 0 Å². The molecule has 10 heteroatoms. The molecule has 0 N–H and O–H groups in total. The second-order valence-corrected chi connectivity index (χ2v) is 5.36. The average Bonchev–Trinajstić information content (AvgIpc) is 2.59. The van der Waals surface area contributed by atoms with Crippen molar-refractivity contribution in [2.45, 2.75) is 12.6 Å². The lowest BCUT2D eigenvalue weighted by Gasteiger charge is -2.14. The molecule has 0 saturated heterocycles. The van der Waals surface area contributed by atoms with E-state index < -0.39 is 40.5 Å². The first-order chi connectivity index (χ1) is 12.2. The van der Waals surface area contributed by atoms with E-state index >= 15 is 0 Å². The van der Waals surface area contributed by atoms with E-state index in [4.69, 9.17) is 21.1 Å². The third-order valence-corrected chi connectivity index (χ3v) is 3.41. The van der Waals surface area contributed by atoms with E-state index in [0.717, 1.165) is 6.07 Å². The van der Waals surface area contributed by atoms with E-state index in [-0.39, 0.29) is 11.3 Å². The Labute approximate surface area is 150 Å². The Hall–Kier alpha value is -2.65. The number of ketones is 1. The fourth-order valence-corrected chi connectivity index (χ4v) is 2.10. The van der Waals surface area contributed by atoms with Gasteiger partial charge in [0.15, 0.2) is 5.78 Å². The van der Waals surface area contributed by atoms with Crippen LogP contribution in [0.2, 0.25) is 5.02 Å². The maximum atomic E-state index is 12.6. The van der Waals surface area contributed by atoms with Gasteiger partial charge in [0.2, 0.25) is 0 Å². The van der Waals surface area contributed by atoms with E-state index in [1.165, 1.54) is 12.1 Å². The molecule has 0 aromatic heterocycles. The number of halogens is 4. The summed E-state index contributed by atoms with van der Waals surface area (Å²) in [4.78, 5) is 21.9. The predicted octanol–water partition coefficient (Wildman–Crippen LogP) is 4.20. The topological polar surface area (TPSA) is 78.7 Å². The maximum Gasteiger partial charge on any atom is 0.475 e. The highest BCUT2D eigenvalue weighted by Gasteiger charge is 2.32. The van der Waals surface area contributed by atoms with Gasteiger partial charge in [-0.05, 0) is 18.2 Å². The lowest BCUT2D eigenvalue weighted by molar-refractivity contribution is -0.618. The molecule has 0 bridgehead atoms. The second kappa shape index (κ2) is 8.15. The van der Waals surface area contributed by atoms with Gasteiger partial charge in [0.05, 0.1) is 15.5 Å². The van der Waals surface area contributed by atoms with Crippen molar-refractivity contribution in [3.8, 4) is 5.75 Å². The molecule has 0 saturated carbocycles. The predicted molar refractivity (Wildman–Crippen MR) is 84.6 cm³/mol. The van der Waals surface area contributed by atoms with Gasteiger partial charge >= 0.3 is 12.6 Å². The zero-order valence-corrected chi connectivity index (χ0v) is 13.7. The van der Waals surface area contributed by atoms with Crippen molar-refractivity contribution in [3.05, 3.63) is 74.8 Å². The molecule has 2 aromatic rings. The van der Waals surface area contributed by atoms with Crippen molar-refractivity contribution in [1.29, 1.82) is 0 Å². The van der Waals surface area contributed by atoms with Crippen molar-refractivity contribution in [1.82, 2.24) is 0 Å². The Morgan fingerprint density at radius 1 is 1.19 bits per heavy atom. The molecule has 1 unspecified atom stereocenters. The summed E-state index contributed by atoms with van der Waals surface area (Å²) in [7, 11) is 0. The molecule has 0 aliphatic carbocycles. The highest BCUT2D eigenvalue weighted by atomic mass is 35.5. The lowest BCUT2D eigenvalue weighted by atomic mass is 10.1. The zero-order valence-electron chi connectivity index (χ0n) is 12.9. The van der Waals surface area contributed by atoms with Crippen molar-refractivity contribution in [2.24, 2.45) is 0 Å². The van der Waals surface area contributed by atoms with Crippen LogP contribution in [0.15, 0.2) is 48.5 Å². The quantitative estimate of drug-likeness (QED) is 0.307. The zero-order chi connectivity index (χ0) is 19.3. The van der Waals surface area contributed by atoms with Crippen LogP contribution in [0.5, 0.6) is 5.75 Å². The van der Waals surface area contributed by atoms with Gasteiger partial charge in [-0.15, -0.1) is 0 Å². The first-order valence-electron chi connectivity index (χ1n) is 7.05. The van der Waals surface area contributed by atoms with Crippen LogP contribution in [0.3, 0.4) is 0 Å². The Balaban J connectivity index is 2.07. The van der Waals surface area contributed by atoms with Gasteiger partial charge in [0.25, 0.3) is 0 Å². The Kier molecular flexibility index (Phi) is 6.17. The number of alkyl halides is 3. The van der Waals surface area contributed by atoms with Crippen LogP contribution in [0.1, 0.15) is 15.9 Å². The molecule has 0 aliphatic rings. The van der Waals surface area contributed by atoms with Gasteiger partial charge in [0, 0.05) is 5.56 Å². The summed E-state index contributed by atoms with van der Waals surface area (Å²) in [5.74, 6) is -0.909. The van der Waals surface area contributed by atoms with E-state index in [2.05, 4.69) is 0 Å². The van der Waals surface area contributed by atoms with Gasteiger partial charge in [-0.25, -0.2) is 0 Å². The molecule has 0 radical (unpaired) electrons. The van der Waals surface area contributed by atoms with Crippen molar-refractivity contribution in [3.63, 3.8) is 0 Å². The molecule has 6 nitrogen and oxygen atoms in total. The molecule has 1 atom stereocenters. The minimum absolute atomic E-state index is 0.280. The third kappa shape index (κ3) is 5.17. The summed E-state index contributed by atoms with van der Waals surface area (Å²) < 4.78 is 47.5. The van der Waals surface area contributed by atoms with E-state index in [0.29, 0.717) is 12.1 Å². The van der Waals surface area contributed by atoms with Crippen LogP contribution in [0.4, 0.5) is 13.2 Å². The summed E-state index contributed by atoms with van der Waals surface area (Å²) in [5, 5.41) is 10.5. The Morgan fingerprint density at radius 2 is 1.85 bits per heavy atom. The van der Waals surface area contributed by atoms with Crippen molar-refractivity contribution >= 4 is 17.4 Å². The second-order valence-electron chi connectivity index (χ2n) is 4.95. The standard InChI is InChI=1S/C16H11ClF3NO5/c17-12-8-11(16(18,19)20)6-7-14(12)26-15(21(23)24)25-9-13(22)10-4-2-1-3-5-10/h1-8,15H,9H2. The average molecular weight is 390 g/mol. The van der Waals surface area contributed by atoms with E-state index in [1.54, 1.807) is 18.2 Å². The van der Waals surface area contributed by atoms with Gasteiger partial charge < -0.3 is 4.74 Å². The highest BCUT2D eigenvalue weighted by molar-refractivity contribution is 6.32. The molecule has 26 heavy (non-hydrogen) atoms. The number of carbonyl (C=O) groups excluding carboxylic acids is 1. The molecule has 0 spiro atoms. The number of benzene rings is 2. The SMILES string of the molecule is O=C(COC(Oc1ccc(C(F)(F)F)cc1Cl)[N+](=O)[O-])c1ccccc1. The highest BCUT2D eigenvalue weighted by Crippen LogP contribution is 2.35. The van der Waals surface area contributed by atoms with E-state index in [9.17, 15) is 28.1 Å². The maximum absolute atomic E-state index is 12.6. The molecule has 0 aliphatic heterocycles. The minimum Gasteiger partial charge on any atom is -0.406 e. The number of nitro groups is 1. The largest absolute Gasteiger partial charge is 0.475 e. The molecule has 0 heterocycles. The number of hydrogen-bond acceptors (Lipinski definition) is 5. The monoisotopic (exact) mass is 389 g/mol. The number of ether oxygens (including phenoxy) is 2. The van der Waals surface area contributed by atoms with Crippen LogP contribution >= 0.6 is 11.6 Å². The van der Waals surface area contributed by atoms with Crippen LogP contribution in [-0.2, 0) is 10.9 Å². The fraction of sp³-hybridized carbons (Fsp3) is 0.188. The van der Waals surface area contributed by atoms with Gasteiger partial charge in [0.1, 0.15) is 12.4 Å². The first-order valence-corrected chi connectivity index (χ1v) is 7.43. The third-order valence-electron chi connectivity index (χ3n) is 3.11. The van der Waals surface area contributed by atoms with Crippen LogP contribution in [0, 0.1) is 10.1 Å².